The molecule has 4 aromatic rings. The van der Waals surface area contributed by atoms with Crippen molar-refractivity contribution in [1.29, 1.82) is 0 Å². The van der Waals surface area contributed by atoms with Crippen LogP contribution < -0.4 is 14.8 Å². The molecule has 0 aliphatic carbocycles. The number of benzene rings is 4. The summed E-state index contributed by atoms with van der Waals surface area (Å²) in [6.07, 6.45) is 2.06. The zero-order valence-corrected chi connectivity index (χ0v) is 21.5. The molecule has 0 aromatic heterocycles. The second-order valence-electron chi connectivity index (χ2n) is 9.49. The molecule has 1 aliphatic rings. The third kappa shape index (κ3) is 5.80. The maximum Gasteiger partial charge on any atom is 0.308 e. The highest BCUT2D eigenvalue weighted by Gasteiger charge is 2.44. The van der Waals surface area contributed by atoms with E-state index in [-0.39, 0.29) is 5.97 Å². The van der Waals surface area contributed by atoms with Gasteiger partial charge in [-0.2, -0.15) is 0 Å². The van der Waals surface area contributed by atoms with E-state index < -0.39 is 5.60 Å². The molecular formula is C34H31NO3. The van der Waals surface area contributed by atoms with E-state index in [2.05, 4.69) is 77.8 Å². The lowest BCUT2D eigenvalue weighted by molar-refractivity contribution is -0.131. The number of hydrogen-bond donors (Lipinski definition) is 1. The smallest absolute Gasteiger partial charge is 0.308 e. The van der Waals surface area contributed by atoms with Crippen LogP contribution >= 0.6 is 0 Å². The molecule has 0 spiro atoms. The van der Waals surface area contributed by atoms with E-state index in [9.17, 15) is 4.79 Å². The van der Waals surface area contributed by atoms with Gasteiger partial charge in [0.25, 0.3) is 0 Å². The van der Waals surface area contributed by atoms with Gasteiger partial charge in [0.2, 0.25) is 0 Å². The van der Waals surface area contributed by atoms with Crippen molar-refractivity contribution >= 4 is 5.97 Å². The molecule has 0 radical (unpaired) electrons. The van der Waals surface area contributed by atoms with Crippen LogP contribution in [0.4, 0.5) is 0 Å². The van der Waals surface area contributed by atoms with Gasteiger partial charge in [-0.3, -0.25) is 4.79 Å². The zero-order chi connectivity index (χ0) is 26.2. The molecule has 4 aromatic carbocycles. The Morgan fingerprint density at radius 2 is 1.18 bits per heavy atom. The molecule has 0 unspecified atom stereocenters. The Bertz CT molecular complexity index is 1360. The number of ether oxygens (including phenoxy) is 2. The third-order valence-corrected chi connectivity index (χ3v) is 6.92. The highest BCUT2D eigenvalue weighted by Crippen LogP contribution is 2.44. The molecule has 4 nitrogen and oxygen atoms in total. The summed E-state index contributed by atoms with van der Waals surface area (Å²) in [4.78, 5) is 11.1. The average molecular weight is 502 g/mol. The molecule has 0 bridgehead atoms. The van der Waals surface area contributed by atoms with Crippen molar-refractivity contribution in [2.45, 2.75) is 25.4 Å². The van der Waals surface area contributed by atoms with Gasteiger partial charge in [0.05, 0.1) is 0 Å². The Hall–Kier alpha value is -4.33. The molecule has 4 heteroatoms. The van der Waals surface area contributed by atoms with E-state index in [0.29, 0.717) is 11.7 Å². The second kappa shape index (κ2) is 11.8. The van der Waals surface area contributed by atoms with Crippen molar-refractivity contribution in [2.24, 2.45) is 5.92 Å². The van der Waals surface area contributed by atoms with Crippen LogP contribution in [0.3, 0.4) is 0 Å². The summed E-state index contributed by atoms with van der Waals surface area (Å²) in [6.45, 7) is 3.34. The van der Waals surface area contributed by atoms with Crippen LogP contribution in [0.25, 0.3) is 0 Å². The van der Waals surface area contributed by atoms with Crippen molar-refractivity contribution in [3.8, 4) is 23.3 Å². The van der Waals surface area contributed by atoms with Gasteiger partial charge in [0.1, 0.15) is 11.5 Å². The van der Waals surface area contributed by atoms with Gasteiger partial charge in [-0.15, -0.1) is 0 Å². The van der Waals surface area contributed by atoms with Crippen LogP contribution in [-0.2, 0) is 10.4 Å². The topological polar surface area (TPSA) is 47.6 Å². The SMILES string of the molecule is CC(=O)Oc1ccc(C#Cc2ccc(OC(c3ccccc3)(c3ccccc3)C3CCNCC3)cc2)cc1. The van der Waals surface area contributed by atoms with Crippen LogP contribution in [0.15, 0.2) is 109 Å². The molecule has 1 saturated heterocycles. The van der Waals surface area contributed by atoms with Gasteiger partial charge in [-0.1, -0.05) is 72.5 Å². The minimum absolute atomic E-state index is 0.322. The number of carbonyl (C=O) groups is 1. The molecular weight excluding hydrogens is 470 g/mol. The number of carbonyl (C=O) groups excluding carboxylic acids is 1. The molecule has 1 heterocycles. The predicted octanol–water partition coefficient (Wildman–Crippen LogP) is 6.33. The normalized spacial score (nSPS) is 13.7. The monoisotopic (exact) mass is 501 g/mol. The van der Waals surface area contributed by atoms with E-state index in [1.807, 2.05) is 36.4 Å². The summed E-state index contributed by atoms with van der Waals surface area (Å²) in [6, 6.07) is 36.4. The molecule has 0 atom stereocenters. The lowest BCUT2D eigenvalue weighted by Gasteiger charge is -2.44. The predicted molar refractivity (Wildman–Crippen MR) is 150 cm³/mol. The third-order valence-electron chi connectivity index (χ3n) is 6.92. The maximum atomic E-state index is 11.1. The van der Waals surface area contributed by atoms with Gasteiger partial charge >= 0.3 is 5.97 Å². The van der Waals surface area contributed by atoms with Crippen molar-refractivity contribution in [3.63, 3.8) is 0 Å². The summed E-state index contributed by atoms with van der Waals surface area (Å²) >= 11 is 0. The summed E-state index contributed by atoms with van der Waals surface area (Å²) in [5.41, 5.74) is 3.48. The first-order valence-electron chi connectivity index (χ1n) is 13.0. The molecule has 0 amide bonds. The van der Waals surface area contributed by atoms with Crippen LogP contribution in [0, 0.1) is 17.8 Å². The lowest BCUT2D eigenvalue weighted by atomic mass is 9.72. The quantitative estimate of drug-likeness (QED) is 0.190. The van der Waals surface area contributed by atoms with Crippen molar-refractivity contribution < 1.29 is 14.3 Å². The van der Waals surface area contributed by atoms with Gasteiger partial charge in [-0.25, -0.2) is 0 Å². The minimum atomic E-state index is -0.596. The van der Waals surface area contributed by atoms with E-state index in [0.717, 1.165) is 42.8 Å². The van der Waals surface area contributed by atoms with E-state index in [1.165, 1.54) is 18.1 Å². The minimum Gasteiger partial charge on any atom is -0.478 e. The first-order chi connectivity index (χ1) is 18.6. The molecule has 38 heavy (non-hydrogen) atoms. The largest absolute Gasteiger partial charge is 0.478 e. The molecule has 190 valence electrons. The van der Waals surface area contributed by atoms with Crippen LogP contribution in [0.2, 0.25) is 0 Å². The fourth-order valence-electron chi connectivity index (χ4n) is 5.15. The van der Waals surface area contributed by atoms with Crippen LogP contribution in [0.1, 0.15) is 42.0 Å². The van der Waals surface area contributed by atoms with Gasteiger partial charge in [0, 0.05) is 35.1 Å². The summed E-state index contributed by atoms with van der Waals surface area (Å²) < 4.78 is 12.1. The summed E-state index contributed by atoms with van der Waals surface area (Å²) in [5, 5.41) is 3.51. The van der Waals surface area contributed by atoms with Crippen LogP contribution in [-0.4, -0.2) is 19.1 Å². The number of hydrogen-bond acceptors (Lipinski definition) is 4. The maximum absolute atomic E-state index is 11.1. The number of rotatable bonds is 6. The Morgan fingerprint density at radius 3 is 1.66 bits per heavy atom. The first kappa shape index (κ1) is 25.3. The van der Waals surface area contributed by atoms with E-state index in [1.54, 1.807) is 12.1 Å². The van der Waals surface area contributed by atoms with E-state index in [4.69, 9.17) is 9.47 Å². The van der Waals surface area contributed by atoms with Gasteiger partial charge < -0.3 is 14.8 Å². The van der Waals surface area contributed by atoms with Crippen molar-refractivity contribution in [3.05, 3.63) is 131 Å². The zero-order valence-electron chi connectivity index (χ0n) is 21.5. The molecule has 1 aliphatic heterocycles. The molecule has 1 fully saturated rings. The standard InChI is InChI=1S/C34H31NO3/c1-26(36)37-32-18-14-27(15-19-32)12-13-28-16-20-33(21-17-28)38-34(29-8-4-2-5-9-29,30-10-6-3-7-11-30)31-22-24-35-25-23-31/h2-11,14-21,31,35H,22-25H2,1H3. The van der Waals surface area contributed by atoms with Gasteiger partial charge in [0.15, 0.2) is 5.60 Å². The van der Waals surface area contributed by atoms with Crippen LogP contribution in [0.5, 0.6) is 11.5 Å². The second-order valence-corrected chi connectivity index (χ2v) is 9.49. The first-order valence-corrected chi connectivity index (χ1v) is 13.0. The highest BCUT2D eigenvalue weighted by atomic mass is 16.5. The number of esters is 1. The number of nitrogens with one attached hydrogen (secondary N) is 1. The van der Waals surface area contributed by atoms with E-state index >= 15 is 0 Å². The Balaban J connectivity index is 1.44. The average Bonchev–Trinajstić information content (AvgIpc) is 2.97. The fourth-order valence-corrected chi connectivity index (χ4v) is 5.15. The fraction of sp³-hybridized carbons (Fsp3) is 0.206. The summed E-state index contributed by atoms with van der Waals surface area (Å²) in [7, 11) is 0. The molecule has 0 saturated carbocycles. The highest BCUT2D eigenvalue weighted by molar-refractivity contribution is 5.69. The van der Waals surface area contributed by atoms with Gasteiger partial charge in [-0.05, 0) is 74.5 Å². The Labute approximate surface area is 224 Å². The lowest BCUT2D eigenvalue weighted by Crippen LogP contribution is -2.46. The Morgan fingerprint density at radius 1 is 0.711 bits per heavy atom. The van der Waals surface area contributed by atoms with Crippen molar-refractivity contribution in [2.75, 3.05) is 13.1 Å². The van der Waals surface area contributed by atoms with Crippen molar-refractivity contribution in [1.82, 2.24) is 5.32 Å². The summed E-state index contributed by atoms with van der Waals surface area (Å²) in [5.74, 6) is 7.70. The number of piperidine rings is 1. The molecule has 5 rings (SSSR count). The Kier molecular flexibility index (Phi) is 7.87. The molecule has 1 N–H and O–H groups in total.